The number of benzene rings is 1. The third-order valence-electron chi connectivity index (χ3n) is 15.1. The highest BCUT2D eigenvalue weighted by molar-refractivity contribution is 5.94. The number of hydrogen-bond donors (Lipinski definition) is 2. The quantitative estimate of drug-likeness (QED) is 0.207. The molecular formula is C52H70F3N9O8. The van der Waals surface area contributed by atoms with Crippen LogP contribution < -0.4 is 10.7 Å². The summed E-state index contributed by atoms with van der Waals surface area (Å²) in [6, 6.07) is 5.78. The number of nitrogens with one attached hydrogen (secondary N) is 2. The number of amides is 5. The normalized spacial score (nSPS) is 24.5. The van der Waals surface area contributed by atoms with Crippen LogP contribution in [0.1, 0.15) is 89.1 Å². The molecule has 0 radical (unpaired) electrons. The zero-order chi connectivity index (χ0) is 51.9. The van der Waals surface area contributed by atoms with Gasteiger partial charge in [0.2, 0.25) is 11.8 Å². The largest absolute Gasteiger partial charge is 0.464 e. The summed E-state index contributed by atoms with van der Waals surface area (Å²) in [5.41, 5.74) is 5.09. The summed E-state index contributed by atoms with van der Waals surface area (Å²) in [4.78, 5) is 81.2. The van der Waals surface area contributed by atoms with Crippen molar-refractivity contribution < 1.29 is 51.4 Å². The van der Waals surface area contributed by atoms with E-state index in [-0.39, 0.29) is 49.9 Å². The van der Waals surface area contributed by atoms with Crippen molar-refractivity contribution >= 4 is 40.6 Å². The molecule has 5 amide bonds. The molecule has 2 aromatic heterocycles. The zero-order valence-corrected chi connectivity index (χ0v) is 42.6. The first-order chi connectivity index (χ1) is 34.1. The standard InChI is InChI=1S/C52H70F3N9O8/c1-9-42(65)62-22-23-72-51(29-62)16-20-61(21-17-51)49(69)59(7)44(32(2)3)46(66)57-40-28-60-26-35(27-60)34-14-15-41-37(24-34)38(25-50(5,6)31-71-48(68)39-13-11-19-64(58-39)47(40)67)45(63(41)30-52(53,54)55)36-12-10-18-56-43(36)33(4)70-8/h9-10,12,14-15,18,24,32-33,35,39-40,44,58H,1,11,13,16-17,19-23,25-31H2,2-8H3,(H,57,66)/t33-,39-,40-,44-/m0/s1. The van der Waals surface area contributed by atoms with Crippen molar-refractivity contribution in [3.8, 4) is 11.3 Å². The molecule has 17 nitrogen and oxygen atoms in total. The Morgan fingerprint density at radius 1 is 1.06 bits per heavy atom. The molecule has 20 heteroatoms. The molecule has 4 atom stereocenters. The molecule has 6 aliphatic heterocycles. The highest BCUT2D eigenvalue weighted by Gasteiger charge is 2.45. The number of nitrogens with zero attached hydrogens (tertiary/aromatic N) is 7. The van der Waals surface area contributed by atoms with Crippen LogP contribution in [0.5, 0.6) is 0 Å². The van der Waals surface area contributed by atoms with E-state index in [4.69, 9.17) is 14.2 Å². The summed E-state index contributed by atoms with van der Waals surface area (Å²) < 4.78 is 63.2. The first kappa shape index (κ1) is 52.7. The Bertz CT molecular complexity index is 2540. The molecule has 1 spiro atoms. The minimum Gasteiger partial charge on any atom is -0.464 e. The number of carbonyl (C=O) groups is 5. The van der Waals surface area contributed by atoms with Crippen molar-refractivity contribution in [2.45, 2.75) is 115 Å². The maximum Gasteiger partial charge on any atom is 0.406 e. The molecule has 4 fully saturated rings. The van der Waals surface area contributed by atoms with Crippen LogP contribution in [0.15, 0.2) is 49.2 Å². The van der Waals surface area contributed by atoms with E-state index in [1.165, 1.54) is 27.7 Å². The van der Waals surface area contributed by atoms with E-state index in [1.54, 1.807) is 48.2 Å². The van der Waals surface area contributed by atoms with Gasteiger partial charge in [0.15, 0.2) is 0 Å². The number of piperidine rings is 1. The molecule has 6 aliphatic rings. The van der Waals surface area contributed by atoms with Gasteiger partial charge in [-0.1, -0.05) is 40.3 Å². The monoisotopic (exact) mass is 1010 g/mol. The lowest BCUT2D eigenvalue weighted by molar-refractivity contribution is -0.156. The summed E-state index contributed by atoms with van der Waals surface area (Å²) in [7, 11) is 3.12. The van der Waals surface area contributed by atoms with Crippen LogP contribution in [-0.4, -0.2) is 174 Å². The van der Waals surface area contributed by atoms with Gasteiger partial charge in [-0.2, -0.15) is 13.2 Å². The van der Waals surface area contributed by atoms with Gasteiger partial charge in [0.05, 0.1) is 42.9 Å². The number of rotatable bonds is 9. The lowest BCUT2D eigenvalue weighted by Gasteiger charge is -2.47. The summed E-state index contributed by atoms with van der Waals surface area (Å²) in [5, 5.41) is 5.05. The minimum absolute atomic E-state index is 0.0451. The molecule has 1 aromatic carbocycles. The molecule has 0 unspecified atom stereocenters. The maximum atomic E-state index is 14.7. The number of likely N-dealkylation sites (N-methyl/N-ethyl adjacent to an activating group) is 1. The fraction of sp³-hybridized carbons (Fsp3) is 0.615. The Balaban J connectivity index is 1.08. The molecule has 6 bridgehead atoms. The second-order valence-electron chi connectivity index (χ2n) is 21.4. The summed E-state index contributed by atoms with van der Waals surface area (Å²) in [6.45, 7) is 15.0. The number of fused-ring (bicyclic) bond motifs is 6. The van der Waals surface area contributed by atoms with Gasteiger partial charge in [0.25, 0.3) is 5.91 Å². The van der Waals surface area contributed by atoms with Gasteiger partial charge in [0.1, 0.15) is 24.7 Å². The van der Waals surface area contributed by atoms with Gasteiger partial charge in [0, 0.05) is 94.0 Å². The molecule has 4 saturated heterocycles. The summed E-state index contributed by atoms with van der Waals surface area (Å²) >= 11 is 0. The van der Waals surface area contributed by atoms with Crippen LogP contribution in [-0.2, 0) is 46.4 Å². The number of hydrazine groups is 1. The number of halogens is 3. The molecule has 3 aromatic rings. The number of ether oxygens (including phenoxy) is 3. The number of methoxy groups -OCH3 is 1. The van der Waals surface area contributed by atoms with Gasteiger partial charge in [-0.3, -0.25) is 34.1 Å². The average Bonchev–Trinajstić information content (AvgIpc) is 3.61. The second kappa shape index (κ2) is 21.1. The Hall–Kier alpha value is -5.57. The van der Waals surface area contributed by atoms with Gasteiger partial charge < -0.3 is 38.8 Å². The molecule has 2 N–H and O–H groups in total. The van der Waals surface area contributed by atoms with Crippen molar-refractivity contribution in [1.29, 1.82) is 0 Å². The van der Waals surface area contributed by atoms with Crippen molar-refractivity contribution in [2.24, 2.45) is 11.3 Å². The zero-order valence-electron chi connectivity index (χ0n) is 42.6. The molecular weight excluding hydrogens is 936 g/mol. The lowest BCUT2D eigenvalue weighted by atomic mass is 9.83. The van der Waals surface area contributed by atoms with Crippen LogP contribution in [0.3, 0.4) is 0 Å². The first-order valence-corrected chi connectivity index (χ1v) is 25.1. The van der Waals surface area contributed by atoms with Crippen molar-refractivity contribution in [3.05, 3.63) is 66.0 Å². The van der Waals surface area contributed by atoms with Crippen molar-refractivity contribution in [3.63, 3.8) is 0 Å². The van der Waals surface area contributed by atoms with E-state index in [1.807, 2.05) is 39.8 Å². The van der Waals surface area contributed by atoms with Gasteiger partial charge in [-0.05, 0) is 86.4 Å². The number of carbonyl (C=O) groups excluding carboxylic acids is 5. The van der Waals surface area contributed by atoms with E-state index in [0.717, 1.165) is 5.56 Å². The van der Waals surface area contributed by atoms with Crippen LogP contribution in [0.4, 0.5) is 18.0 Å². The SMILES string of the molecule is C=CC(=O)N1CCOC2(CCN(C(=O)N(C)[C@H](C(=O)N[C@H]3CN4CC(C4)c4ccc5c(c4)c(c(-c4cccnc4[C@H](C)OC)n5CC(F)(F)F)CC(C)(C)COC(=O)[C@@H]4CCCN(N4)C3=O)C(C)C)CC2)C1. The average molecular weight is 1010 g/mol. The van der Waals surface area contributed by atoms with Gasteiger partial charge >= 0.3 is 18.2 Å². The Morgan fingerprint density at radius 3 is 2.47 bits per heavy atom. The smallest absolute Gasteiger partial charge is 0.406 e. The lowest BCUT2D eigenvalue weighted by Crippen LogP contribution is -2.65. The predicted octanol–water partition coefficient (Wildman–Crippen LogP) is 5.43. The predicted molar refractivity (Wildman–Crippen MR) is 262 cm³/mol. The third-order valence-corrected chi connectivity index (χ3v) is 15.1. The maximum absolute atomic E-state index is 14.7. The molecule has 0 aliphatic carbocycles. The minimum atomic E-state index is -4.57. The molecule has 0 saturated carbocycles. The van der Waals surface area contributed by atoms with Crippen LogP contribution in [0.2, 0.25) is 0 Å². The Kier molecular flexibility index (Phi) is 15.5. The number of alkyl halides is 3. The number of aromatic nitrogens is 2. The van der Waals surface area contributed by atoms with Crippen LogP contribution >= 0.6 is 0 Å². The fourth-order valence-corrected chi connectivity index (χ4v) is 11.2. The number of urea groups is 1. The van der Waals surface area contributed by atoms with E-state index >= 15 is 0 Å². The number of likely N-dealkylation sites (tertiary alicyclic amines) is 1. The summed E-state index contributed by atoms with van der Waals surface area (Å²) in [5.74, 6) is -2.09. The van der Waals surface area contributed by atoms with Crippen LogP contribution in [0.25, 0.3) is 22.2 Å². The Morgan fingerprint density at radius 2 is 1.79 bits per heavy atom. The highest BCUT2D eigenvalue weighted by atomic mass is 19.4. The van der Waals surface area contributed by atoms with Crippen molar-refractivity contribution in [1.82, 2.24) is 44.9 Å². The Labute approximate surface area is 419 Å². The second-order valence-corrected chi connectivity index (χ2v) is 21.4. The number of esters is 1. The fourth-order valence-electron chi connectivity index (χ4n) is 11.2. The van der Waals surface area contributed by atoms with E-state index in [0.29, 0.717) is 105 Å². The number of pyridine rings is 1. The molecule has 9 rings (SSSR count). The molecule has 72 heavy (non-hydrogen) atoms. The van der Waals surface area contributed by atoms with E-state index < -0.39 is 65.8 Å². The van der Waals surface area contributed by atoms with E-state index in [9.17, 15) is 37.1 Å². The highest BCUT2D eigenvalue weighted by Crippen LogP contribution is 2.43. The molecule has 8 heterocycles. The first-order valence-electron chi connectivity index (χ1n) is 25.1. The summed E-state index contributed by atoms with van der Waals surface area (Å²) in [6.07, 6.45) is -0.0864. The van der Waals surface area contributed by atoms with E-state index in [2.05, 4.69) is 27.2 Å². The van der Waals surface area contributed by atoms with Crippen molar-refractivity contribution in [2.75, 3.05) is 79.7 Å². The number of morpholine rings is 1. The van der Waals surface area contributed by atoms with Gasteiger partial charge in [-0.25, -0.2) is 10.2 Å². The number of hydrogen-bond acceptors (Lipinski definition) is 11. The third kappa shape index (κ3) is 11.2. The van der Waals surface area contributed by atoms with Crippen LogP contribution in [0, 0.1) is 11.3 Å². The topological polar surface area (TPSA) is 171 Å². The van der Waals surface area contributed by atoms with Gasteiger partial charge in [-0.15, -0.1) is 0 Å². The molecule has 392 valence electrons.